The van der Waals surface area contributed by atoms with E-state index in [0.29, 0.717) is 12.1 Å². The van der Waals surface area contributed by atoms with Crippen LogP contribution in [0.5, 0.6) is 0 Å². The number of fused-ring (bicyclic) bond motifs is 3. The average Bonchev–Trinajstić information content (AvgIpc) is 2.98. The first-order valence-corrected chi connectivity index (χ1v) is 7.93. The smallest absolute Gasteiger partial charge is 0.0685 e. The molecule has 2 aliphatic rings. The molecule has 4 rings (SSSR count). The summed E-state index contributed by atoms with van der Waals surface area (Å²) in [5.41, 5.74) is 1.30. The lowest BCUT2D eigenvalue weighted by Gasteiger charge is -2.41. The van der Waals surface area contributed by atoms with Gasteiger partial charge in [-0.25, -0.2) is 0 Å². The van der Waals surface area contributed by atoms with Crippen molar-refractivity contribution in [3.63, 3.8) is 0 Å². The molecule has 1 aromatic carbocycles. The maximum absolute atomic E-state index is 4.68. The van der Waals surface area contributed by atoms with Crippen LogP contribution in [0.15, 0.2) is 30.5 Å². The van der Waals surface area contributed by atoms with E-state index in [1.165, 1.54) is 36.6 Å². The molecule has 3 nitrogen and oxygen atoms in total. The zero-order valence-corrected chi connectivity index (χ0v) is 12.4. The third-order valence-electron chi connectivity index (χ3n) is 5.21. The number of aromatic nitrogens is 2. The molecule has 0 radical (unpaired) electrons. The summed E-state index contributed by atoms with van der Waals surface area (Å²) >= 11 is 0. The SMILES string of the molecule is CC(C)N1C2CCC1CC(n1ncc3ccccc31)C2. The second kappa shape index (κ2) is 4.59. The molecule has 2 atom stereocenters. The van der Waals surface area contributed by atoms with Gasteiger partial charge in [0.1, 0.15) is 0 Å². The molecule has 2 unspecified atom stereocenters. The van der Waals surface area contributed by atoms with Crippen molar-refractivity contribution in [3.05, 3.63) is 30.5 Å². The summed E-state index contributed by atoms with van der Waals surface area (Å²) in [5.74, 6) is 0. The van der Waals surface area contributed by atoms with Gasteiger partial charge < -0.3 is 0 Å². The van der Waals surface area contributed by atoms with Crippen molar-refractivity contribution in [1.29, 1.82) is 0 Å². The molecule has 0 N–H and O–H groups in total. The zero-order chi connectivity index (χ0) is 13.7. The molecule has 0 amide bonds. The van der Waals surface area contributed by atoms with Crippen LogP contribution in [0.1, 0.15) is 45.6 Å². The third kappa shape index (κ3) is 1.80. The zero-order valence-electron chi connectivity index (χ0n) is 12.4. The summed E-state index contributed by atoms with van der Waals surface area (Å²) in [6.45, 7) is 4.68. The van der Waals surface area contributed by atoms with Crippen molar-refractivity contribution in [2.24, 2.45) is 0 Å². The monoisotopic (exact) mass is 269 g/mol. The van der Waals surface area contributed by atoms with Crippen LogP contribution in [0.25, 0.3) is 10.9 Å². The highest BCUT2D eigenvalue weighted by molar-refractivity contribution is 5.78. The van der Waals surface area contributed by atoms with Crippen LogP contribution in [0.4, 0.5) is 0 Å². The van der Waals surface area contributed by atoms with Gasteiger partial charge in [-0.3, -0.25) is 9.58 Å². The first-order valence-electron chi connectivity index (χ1n) is 7.93. The molecule has 0 aliphatic carbocycles. The van der Waals surface area contributed by atoms with Crippen molar-refractivity contribution < 1.29 is 0 Å². The summed E-state index contributed by atoms with van der Waals surface area (Å²) in [4.78, 5) is 2.75. The number of benzene rings is 1. The molecular formula is C17H23N3. The lowest BCUT2D eigenvalue weighted by Crippen LogP contribution is -2.47. The predicted octanol–water partition coefficient (Wildman–Crippen LogP) is 3.61. The molecule has 2 aromatic rings. The summed E-state index contributed by atoms with van der Waals surface area (Å²) in [6, 6.07) is 11.4. The summed E-state index contributed by atoms with van der Waals surface area (Å²) in [5, 5.41) is 5.95. The lowest BCUT2D eigenvalue weighted by atomic mass is 9.96. The molecule has 2 bridgehead atoms. The molecule has 2 aliphatic heterocycles. The Labute approximate surface area is 120 Å². The second-order valence-corrected chi connectivity index (χ2v) is 6.70. The Kier molecular flexibility index (Phi) is 2.84. The Hall–Kier alpha value is -1.35. The van der Waals surface area contributed by atoms with E-state index in [0.717, 1.165) is 12.1 Å². The van der Waals surface area contributed by atoms with Crippen molar-refractivity contribution >= 4 is 10.9 Å². The number of nitrogens with zero attached hydrogens (tertiary/aromatic N) is 3. The van der Waals surface area contributed by atoms with E-state index in [9.17, 15) is 0 Å². The van der Waals surface area contributed by atoms with Crippen LogP contribution in [0, 0.1) is 0 Å². The Morgan fingerprint density at radius 3 is 2.45 bits per heavy atom. The highest BCUT2D eigenvalue weighted by Gasteiger charge is 2.42. The van der Waals surface area contributed by atoms with Gasteiger partial charge in [0.2, 0.25) is 0 Å². The molecule has 106 valence electrons. The van der Waals surface area contributed by atoms with Gasteiger partial charge in [-0.15, -0.1) is 0 Å². The van der Waals surface area contributed by atoms with E-state index in [2.05, 4.69) is 52.8 Å². The molecule has 3 heterocycles. The second-order valence-electron chi connectivity index (χ2n) is 6.70. The maximum Gasteiger partial charge on any atom is 0.0685 e. The van der Waals surface area contributed by atoms with E-state index in [-0.39, 0.29) is 0 Å². The van der Waals surface area contributed by atoms with Crippen LogP contribution in [-0.2, 0) is 0 Å². The molecule has 2 fully saturated rings. The predicted molar refractivity (Wildman–Crippen MR) is 81.8 cm³/mol. The van der Waals surface area contributed by atoms with Crippen LogP contribution in [0.3, 0.4) is 0 Å². The fourth-order valence-corrected chi connectivity index (χ4v) is 4.51. The first-order chi connectivity index (χ1) is 9.74. The number of piperidine rings is 1. The van der Waals surface area contributed by atoms with Crippen molar-refractivity contribution in [2.75, 3.05) is 0 Å². The van der Waals surface area contributed by atoms with Gasteiger partial charge in [-0.2, -0.15) is 5.10 Å². The van der Waals surface area contributed by atoms with Crippen molar-refractivity contribution in [2.45, 2.75) is 63.7 Å². The minimum atomic E-state index is 0.586. The fourth-order valence-electron chi connectivity index (χ4n) is 4.51. The van der Waals surface area contributed by atoms with Gasteiger partial charge in [0, 0.05) is 23.5 Å². The Bertz CT molecular complexity index is 601. The van der Waals surface area contributed by atoms with Gasteiger partial charge in [-0.1, -0.05) is 18.2 Å². The molecule has 0 spiro atoms. The quantitative estimate of drug-likeness (QED) is 0.830. The van der Waals surface area contributed by atoms with Gasteiger partial charge in [0.05, 0.1) is 17.8 Å². The minimum absolute atomic E-state index is 0.586. The van der Waals surface area contributed by atoms with E-state index < -0.39 is 0 Å². The van der Waals surface area contributed by atoms with Gasteiger partial charge >= 0.3 is 0 Å². The van der Waals surface area contributed by atoms with E-state index in [1.807, 2.05) is 6.20 Å². The lowest BCUT2D eigenvalue weighted by molar-refractivity contribution is 0.0743. The van der Waals surface area contributed by atoms with Crippen molar-refractivity contribution in [3.8, 4) is 0 Å². The van der Waals surface area contributed by atoms with Crippen LogP contribution >= 0.6 is 0 Å². The third-order valence-corrected chi connectivity index (χ3v) is 5.21. The van der Waals surface area contributed by atoms with Crippen LogP contribution in [-0.4, -0.2) is 32.8 Å². The van der Waals surface area contributed by atoms with Gasteiger partial charge in [-0.05, 0) is 45.6 Å². The molecule has 1 aromatic heterocycles. The Balaban J connectivity index is 1.66. The molecule has 3 heteroatoms. The number of rotatable bonds is 2. The van der Waals surface area contributed by atoms with E-state index in [1.54, 1.807) is 0 Å². The molecular weight excluding hydrogens is 246 g/mol. The number of hydrogen-bond donors (Lipinski definition) is 0. The minimum Gasteiger partial charge on any atom is -0.295 e. The summed E-state index contributed by atoms with van der Waals surface area (Å²) < 4.78 is 2.29. The topological polar surface area (TPSA) is 21.1 Å². The van der Waals surface area contributed by atoms with Gasteiger partial charge in [0.25, 0.3) is 0 Å². The van der Waals surface area contributed by atoms with E-state index in [4.69, 9.17) is 0 Å². The van der Waals surface area contributed by atoms with Gasteiger partial charge in [0.15, 0.2) is 0 Å². The van der Waals surface area contributed by atoms with Crippen LogP contribution < -0.4 is 0 Å². The highest BCUT2D eigenvalue weighted by atomic mass is 15.3. The number of para-hydroxylation sites is 1. The average molecular weight is 269 g/mol. The number of hydrogen-bond acceptors (Lipinski definition) is 2. The highest BCUT2D eigenvalue weighted by Crippen LogP contribution is 2.42. The molecule has 0 saturated carbocycles. The molecule has 2 saturated heterocycles. The van der Waals surface area contributed by atoms with Crippen LogP contribution in [0.2, 0.25) is 0 Å². The Morgan fingerprint density at radius 2 is 1.75 bits per heavy atom. The molecule has 20 heavy (non-hydrogen) atoms. The largest absolute Gasteiger partial charge is 0.295 e. The fraction of sp³-hybridized carbons (Fsp3) is 0.588. The first kappa shape index (κ1) is 12.4. The Morgan fingerprint density at radius 1 is 1.05 bits per heavy atom. The van der Waals surface area contributed by atoms with E-state index >= 15 is 0 Å². The van der Waals surface area contributed by atoms with Crippen molar-refractivity contribution in [1.82, 2.24) is 14.7 Å². The normalized spacial score (nSPS) is 30.4. The summed E-state index contributed by atoms with van der Waals surface area (Å²) in [7, 11) is 0. The standard InChI is InChI=1S/C17H23N3/c1-12(2)19-14-7-8-15(19)10-16(9-14)20-17-6-4-3-5-13(17)11-18-20/h3-6,11-12,14-16H,7-10H2,1-2H3. The maximum atomic E-state index is 4.68. The summed E-state index contributed by atoms with van der Waals surface area (Å²) in [6.07, 6.45) is 7.30.